The van der Waals surface area contributed by atoms with E-state index in [2.05, 4.69) is 19.2 Å². The molecule has 1 saturated heterocycles. The number of halogens is 1. The fraction of sp³-hybridized carbons (Fsp3) is 0.611. The van der Waals surface area contributed by atoms with E-state index in [0.29, 0.717) is 6.04 Å². The molecular weight excluding hydrogens is 312 g/mol. The Bertz CT molecular complexity index is 550. The van der Waals surface area contributed by atoms with Crippen LogP contribution in [-0.4, -0.2) is 35.7 Å². The molecule has 0 radical (unpaired) electrons. The highest BCUT2D eigenvalue weighted by Gasteiger charge is 2.27. The van der Waals surface area contributed by atoms with Gasteiger partial charge in [-0.2, -0.15) is 0 Å². The molecule has 2 rings (SSSR count). The predicted octanol–water partition coefficient (Wildman–Crippen LogP) is 4.77. The fourth-order valence-electron chi connectivity index (χ4n) is 2.88. The van der Waals surface area contributed by atoms with Gasteiger partial charge in [0.1, 0.15) is 5.60 Å². The van der Waals surface area contributed by atoms with E-state index in [1.807, 2.05) is 32.9 Å². The second kappa shape index (κ2) is 7.00. The van der Waals surface area contributed by atoms with Crippen LogP contribution in [0, 0.1) is 13.8 Å². The van der Waals surface area contributed by atoms with E-state index < -0.39 is 5.60 Å². The molecule has 1 aromatic carbocycles. The molecule has 23 heavy (non-hydrogen) atoms. The first kappa shape index (κ1) is 17.9. The first-order valence-electron chi connectivity index (χ1n) is 8.17. The van der Waals surface area contributed by atoms with Gasteiger partial charge < -0.3 is 15.0 Å². The summed E-state index contributed by atoms with van der Waals surface area (Å²) in [5, 5.41) is 4.38. The highest BCUT2D eigenvalue weighted by atomic mass is 35.5. The molecule has 0 saturated carbocycles. The second-order valence-electron chi connectivity index (χ2n) is 7.30. The Kier molecular flexibility index (Phi) is 5.45. The number of rotatable bonds is 2. The summed E-state index contributed by atoms with van der Waals surface area (Å²) < 4.78 is 5.43. The highest BCUT2D eigenvalue weighted by molar-refractivity contribution is 6.30. The van der Waals surface area contributed by atoms with E-state index in [0.717, 1.165) is 47.8 Å². The van der Waals surface area contributed by atoms with Crippen molar-refractivity contribution in [1.82, 2.24) is 4.90 Å². The normalized spacial score (nSPS) is 16.3. The number of hydrogen-bond donors (Lipinski definition) is 1. The molecule has 1 N–H and O–H groups in total. The van der Waals surface area contributed by atoms with Crippen molar-refractivity contribution in [3.8, 4) is 0 Å². The van der Waals surface area contributed by atoms with Crippen LogP contribution >= 0.6 is 11.6 Å². The number of carbonyl (C=O) groups is 1. The summed E-state index contributed by atoms with van der Waals surface area (Å²) in [6, 6.07) is 4.33. The lowest BCUT2D eigenvalue weighted by Gasteiger charge is -2.34. The number of anilines is 1. The first-order valence-corrected chi connectivity index (χ1v) is 8.55. The molecule has 1 aliphatic heterocycles. The number of aryl methyl sites for hydroxylation is 2. The van der Waals surface area contributed by atoms with Crippen molar-refractivity contribution in [1.29, 1.82) is 0 Å². The Balaban J connectivity index is 1.92. The Morgan fingerprint density at radius 2 is 1.74 bits per heavy atom. The van der Waals surface area contributed by atoms with Crippen LogP contribution in [0.4, 0.5) is 10.5 Å². The topological polar surface area (TPSA) is 41.6 Å². The van der Waals surface area contributed by atoms with Crippen LogP contribution in [0.25, 0.3) is 0 Å². The molecule has 5 heteroatoms. The van der Waals surface area contributed by atoms with Crippen LogP contribution in [0.5, 0.6) is 0 Å². The Labute approximate surface area is 144 Å². The number of nitrogens with zero attached hydrogens (tertiary/aromatic N) is 1. The van der Waals surface area contributed by atoms with Gasteiger partial charge in [-0.25, -0.2) is 4.79 Å². The van der Waals surface area contributed by atoms with Crippen molar-refractivity contribution in [2.45, 2.75) is 59.1 Å². The molecule has 128 valence electrons. The average molecular weight is 339 g/mol. The van der Waals surface area contributed by atoms with Gasteiger partial charge in [-0.15, -0.1) is 0 Å². The number of hydrogen-bond acceptors (Lipinski definition) is 3. The molecule has 0 atom stereocenters. The van der Waals surface area contributed by atoms with Crippen molar-refractivity contribution in [2.24, 2.45) is 0 Å². The third-order valence-corrected chi connectivity index (χ3v) is 4.21. The summed E-state index contributed by atoms with van der Waals surface area (Å²) in [6.45, 7) is 11.3. The summed E-state index contributed by atoms with van der Waals surface area (Å²) in [5.41, 5.74) is 3.03. The molecule has 0 aromatic heterocycles. The molecule has 0 aliphatic carbocycles. The zero-order valence-electron chi connectivity index (χ0n) is 14.7. The van der Waals surface area contributed by atoms with Crippen LogP contribution in [0.1, 0.15) is 44.7 Å². The third kappa shape index (κ3) is 5.03. The van der Waals surface area contributed by atoms with Gasteiger partial charge in [0, 0.05) is 29.8 Å². The number of carbonyl (C=O) groups excluding carboxylic acids is 1. The van der Waals surface area contributed by atoms with Crippen LogP contribution in [0.2, 0.25) is 5.02 Å². The zero-order chi connectivity index (χ0) is 17.2. The lowest BCUT2D eigenvalue weighted by atomic mass is 10.0. The zero-order valence-corrected chi connectivity index (χ0v) is 15.5. The Morgan fingerprint density at radius 3 is 2.22 bits per heavy atom. The predicted molar refractivity (Wildman–Crippen MR) is 95.4 cm³/mol. The largest absolute Gasteiger partial charge is 0.444 e. The van der Waals surface area contributed by atoms with Crippen molar-refractivity contribution in [3.63, 3.8) is 0 Å². The van der Waals surface area contributed by atoms with E-state index in [1.165, 1.54) is 0 Å². The maximum absolute atomic E-state index is 12.1. The Hall–Kier alpha value is -1.42. The highest BCUT2D eigenvalue weighted by Crippen LogP contribution is 2.27. The van der Waals surface area contributed by atoms with E-state index in [4.69, 9.17) is 16.3 Å². The summed E-state index contributed by atoms with van der Waals surface area (Å²) in [6.07, 6.45) is 1.62. The van der Waals surface area contributed by atoms with Gasteiger partial charge in [0.25, 0.3) is 0 Å². The van der Waals surface area contributed by atoms with Crippen molar-refractivity contribution in [2.75, 3.05) is 18.4 Å². The standard InChI is InChI=1S/C18H27ClN2O2/c1-12-10-14(19)11-13(2)16(12)20-15-6-8-21(9-7-15)17(22)23-18(3,4)5/h10-11,15,20H,6-9H2,1-5H3. The number of benzene rings is 1. The van der Waals surface area contributed by atoms with Crippen LogP contribution in [-0.2, 0) is 4.74 Å². The number of likely N-dealkylation sites (tertiary alicyclic amines) is 1. The van der Waals surface area contributed by atoms with Crippen LogP contribution < -0.4 is 5.32 Å². The number of ether oxygens (including phenoxy) is 1. The first-order chi connectivity index (χ1) is 10.7. The minimum absolute atomic E-state index is 0.213. The van der Waals surface area contributed by atoms with E-state index in [-0.39, 0.29) is 6.09 Å². The minimum atomic E-state index is -0.441. The maximum Gasteiger partial charge on any atom is 0.410 e. The quantitative estimate of drug-likeness (QED) is 0.844. The van der Waals surface area contributed by atoms with Gasteiger partial charge in [-0.3, -0.25) is 0 Å². The molecule has 1 aliphatic rings. The van der Waals surface area contributed by atoms with E-state index in [1.54, 1.807) is 4.90 Å². The molecule has 1 heterocycles. The maximum atomic E-state index is 12.1. The van der Waals surface area contributed by atoms with E-state index >= 15 is 0 Å². The lowest BCUT2D eigenvalue weighted by Crippen LogP contribution is -2.44. The summed E-state index contributed by atoms with van der Waals surface area (Å²) in [5.74, 6) is 0. The van der Waals surface area contributed by atoms with Gasteiger partial charge in [-0.1, -0.05) is 11.6 Å². The van der Waals surface area contributed by atoms with Crippen molar-refractivity contribution in [3.05, 3.63) is 28.3 Å². The van der Waals surface area contributed by atoms with Gasteiger partial charge in [-0.05, 0) is 70.7 Å². The van der Waals surface area contributed by atoms with Crippen molar-refractivity contribution < 1.29 is 9.53 Å². The van der Waals surface area contributed by atoms with Crippen LogP contribution in [0.3, 0.4) is 0 Å². The monoisotopic (exact) mass is 338 g/mol. The Morgan fingerprint density at radius 1 is 1.22 bits per heavy atom. The smallest absolute Gasteiger partial charge is 0.410 e. The molecule has 1 fully saturated rings. The third-order valence-electron chi connectivity index (χ3n) is 3.99. The number of nitrogens with one attached hydrogen (secondary N) is 1. The molecule has 0 spiro atoms. The molecule has 4 nitrogen and oxygen atoms in total. The fourth-order valence-corrected chi connectivity index (χ4v) is 3.20. The molecule has 0 unspecified atom stereocenters. The van der Waals surface area contributed by atoms with Gasteiger partial charge in [0.05, 0.1) is 0 Å². The summed E-state index contributed by atoms with van der Waals surface area (Å²) in [7, 11) is 0. The van der Waals surface area contributed by atoms with E-state index in [9.17, 15) is 4.79 Å². The molecular formula is C18H27ClN2O2. The minimum Gasteiger partial charge on any atom is -0.444 e. The summed E-state index contributed by atoms with van der Waals surface area (Å²) in [4.78, 5) is 13.9. The summed E-state index contributed by atoms with van der Waals surface area (Å²) >= 11 is 6.09. The van der Waals surface area contributed by atoms with Gasteiger partial charge in [0.15, 0.2) is 0 Å². The number of piperidine rings is 1. The SMILES string of the molecule is Cc1cc(Cl)cc(C)c1NC1CCN(C(=O)OC(C)(C)C)CC1. The second-order valence-corrected chi connectivity index (χ2v) is 7.74. The average Bonchev–Trinajstić information content (AvgIpc) is 2.41. The van der Waals surface area contributed by atoms with Gasteiger partial charge in [0.2, 0.25) is 0 Å². The lowest BCUT2D eigenvalue weighted by molar-refractivity contribution is 0.0210. The van der Waals surface area contributed by atoms with Gasteiger partial charge >= 0.3 is 6.09 Å². The van der Waals surface area contributed by atoms with Crippen LogP contribution in [0.15, 0.2) is 12.1 Å². The molecule has 1 aromatic rings. The molecule has 1 amide bonds. The van der Waals surface area contributed by atoms with Crippen molar-refractivity contribution >= 4 is 23.4 Å². The number of amides is 1. The molecule has 0 bridgehead atoms.